The summed E-state index contributed by atoms with van der Waals surface area (Å²) in [6, 6.07) is 13.7. The van der Waals surface area contributed by atoms with Crippen LogP contribution in [0.5, 0.6) is 11.5 Å². The monoisotopic (exact) mass is 491 g/mol. The van der Waals surface area contributed by atoms with E-state index in [4.69, 9.17) is 26.3 Å². The smallest absolute Gasteiger partial charge is 0.306 e. The Hall–Kier alpha value is -3.08. The molecule has 0 aliphatic rings. The lowest BCUT2D eigenvalue weighted by atomic mass is 10.1. The number of thiophene rings is 1. The SMILES string of the molecule is CC(Oc1cc(-n2cnc3ccc(OS(C)(=O)=O)cc32)sc1C(N)=O)c1ccccc1Cl. The first-order valence-electron chi connectivity index (χ1n) is 9.34. The number of ether oxygens (including phenoxy) is 1. The third-order valence-electron chi connectivity index (χ3n) is 4.56. The van der Waals surface area contributed by atoms with Crippen LogP contribution in [-0.2, 0) is 10.1 Å². The van der Waals surface area contributed by atoms with Crippen molar-refractivity contribution in [3.05, 3.63) is 70.3 Å². The molecule has 11 heteroatoms. The van der Waals surface area contributed by atoms with Gasteiger partial charge in [0.05, 0.1) is 17.3 Å². The maximum atomic E-state index is 12.1. The van der Waals surface area contributed by atoms with Crippen LogP contribution >= 0.6 is 22.9 Å². The molecule has 2 aromatic carbocycles. The van der Waals surface area contributed by atoms with Gasteiger partial charge in [0.1, 0.15) is 33.8 Å². The third kappa shape index (κ3) is 4.57. The molecule has 0 radical (unpaired) electrons. The number of imidazole rings is 1. The Labute approximate surface area is 193 Å². The highest BCUT2D eigenvalue weighted by Gasteiger charge is 2.21. The van der Waals surface area contributed by atoms with E-state index < -0.39 is 22.1 Å². The van der Waals surface area contributed by atoms with Gasteiger partial charge in [0.2, 0.25) is 0 Å². The number of nitrogens with two attached hydrogens (primary N) is 1. The van der Waals surface area contributed by atoms with E-state index in [0.717, 1.165) is 23.2 Å². The minimum Gasteiger partial charge on any atom is -0.484 e. The van der Waals surface area contributed by atoms with E-state index >= 15 is 0 Å². The van der Waals surface area contributed by atoms with Crippen LogP contribution in [0.4, 0.5) is 0 Å². The number of carbonyl (C=O) groups excluding carboxylic acids is 1. The molecule has 32 heavy (non-hydrogen) atoms. The first-order valence-corrected chi connectivity index (χ1v) is 12.3. The second-order valence-corrected chi connectivity index (χ2v) is 9.99. The van der Waals surface area contributed by atoms with Gasteiger partial charge in [-0.25, -0.2) is 4.98 Å². The summed E-state index contributed by atoms with van der Waals surface area (Å²) in [5, 5.41) is 1.16. The zero-order chi connectivity index (χ0) is 23.0. The zero-order valence-corrected chi connectivity index (χ0v) is 19.4. The molecule has 0 aliphatic heterocycles. The number of hydrogen-bond acceptors (Lipinski definition) is 7. The Kier molecular flexibility index (Phi) is 5.85. The fourth-order valence-corrected chi connectivity index (χ4v) is 4.86. The summed E-state index contributed by atoms with van der Waals surface area (Å²) in [5.74, 6) is -0.166. The molecule has 0 bridgehead atoms. The summed E-state index contributed by atoms with van der Waals surface area (Å²) in [4.78, 5) is 16.6. The molecule has 0 fully saturated rings. The number of hydrogen-bond donors (Lipinski definition) is 1. The minimum absolute atomic E-state index is 0.150. The highest BCUT2D eigenvalue weighted by atomic mass is 35.5. The molecular formula is C21H18ClN3O5S2. The number of amides is 1. The van der Waals surface area contributed by atoms with Crippen molar-refractivity contribution in [1.82, 2.24) is 9.55 Å². The lowest BCUT2D eigenvalue weighted by Gasteiger charge is -2.16. The van der Waals surface area contributed by atoms with E-state index in [1.54, 1.807) is 35.2 Å². The molecule has 1 amide bonds. The van der Waals surface area contributed by atoms with Crippen LogP contribution in [-0.4, -0.2) is 30.1 Å². The molecule has 8 nitrogen and oxygen atoms in total. The Morgan fingerprint density at radius 1 is 1.22 bits per heavy atom. The minimum atomic E-state index is -3.68. The molecule has 1 unspecified atom stereocenters. The van der Waals surface area contributed by atoms with Gasteiger partial charge in [-0.2, -0.15) is 8.42 Å². The van der Waals surface area contributed by atoms with Crippen LogP contribution in [0.2, 0.25) is 5.02 Å². The van der Waals surface area contributed by atoms with Crippen LogP contribution in [0, 0.1) is 0 Å². The van der Waals surface area contributed by atoms with Crippen molar-refractivity contribution in [3.8, 4) is 16.5 Å². The van der Waals surface area contributed by atoms with Crippen LogP contribution < -0.4 is 14.7 Å². The molecule has 4 aromatic rings. The standard InChI is InChI=1S/C21H18ClN3O5S2/c1-12(14-5-3-4-6-15(14)22)29-18-10-19(31-20(18)21(23)26)25-11-24-16-8-7-13(9-17(16)25)30-32(2,27)28/h3-12H,1-2H3,(H2,23,26). The summed E-state index contributed by atoms with van der Waals surface area (Å²) in [7, 11) is -3.68. The predicted octanol–water partition coefficient (Wildman–Crippen LogP) is 4.32. The number of rotatable bonds is 7. The fraction of sp³-hybridized carbons (Fsp3) is 0.143. The Morgan fingerprint density at radius 2 is 1.97 bits per heavy atom. The molecule has 166 valence electrons. The molecule has 2 N–H and O–H groups in total. The highest BCUT2D eigenvalue weighted by molar-refractivity contribution is 7.86. The molecule has 2 heterocycles. The first kappa shape index (κ1) is 22.1. The summed E-state index contributed by atoms with van der Waals surface area (Å²) < 4.78 is 35.7. The van der Waals surface area contributed by atoms with E-state index in [9.17, 15) is 13.2 Å². The van der Waals surface area contributed by atoms with Crippen LogP contribution in [0.3, 0.4) is 0 Å². The van der Waals surface area contributed by atoms with Gasteiger partial charge in [-0.15, -0.1) is 11.3 Å². The summed E-state index contributed by atoms with van der Waals surface area (Å²) in [5.41, 5.74) is 7.57. The van der Waals surface area contributed by atoms with Gasteiger partial charge in [0.25, 0.3) is 5.91 Å². The van der Waals surface area contributed by atoms with Crippen molar-refractivity contribution in [3.63, 3.8) is 0 Å². The quantitative estimate of drug-likeness (QED) is 0.385. The maximum absolute atomic E-state index is 12.1. The van der Waals surface area contributed by atoms with Gasteiger partial charge in [-0.05, 0) is 25.1 Å². The maximum Gasteiger partial charge on any atom is 0.306 e. The molecule has 4 rings (SSSR count). The van der Waals surface area contributed by atoms with Crippen LogP contribution in [0.25, 0.3) is 16.0 Å². The fourth-order valence-electron chi connectivity index (χ4n) is 3.19. The summed E-state index contributed by atoms with van der Waals surface area (Å²) >= 11 is 7.40. The third-order valence-corrected chi connectivity index (χ3v) is 6.53. The summed E-state index contributed by atoms with van der Waals surface area (Å²) in [6.45, 7) is 1.82. The van der Waals surface area contributed by atoms with Crippen LogP contribution in [0.1, 0.15) is 28.3 Å². The van der Waals surface area contributed by atoms with Crippen molar-refractivity contribution < 1.29 is 22.1 Å². The lowest BCUT2D eigenvalue weighted by molar-refractivity contribution is 0.0998. The number of primary amides is 1. The van der Waals surface area contributed by atoms with Gasteiger partial charge in [0, 0.05) is 22.7 Å². The number of nitrogens with zero attached hydrogens (tertiary/aromatic N) is 2. The number of aromatic nitrogens is 2. The Balaban J connectivity index is 1.74. The number of halogens is 1. The van der Waals surface area contributed by atoms with Crippen LogP contribution in [0.15, 0.2) is 54.9 Å². The number of benzene rings is 2. The van der Waals surface area contributed by atoms with Crippen molar-refractivity contribution in [1.29, 1.82) is 0 Å². The molecule has 0 saturated carbocycles. The topological polar surface area (TPSA) is 114 Å². The van der Waals surface area contributed by atoms with Crippen molar-refractivity contribution in [2.75, 3.05) is 6.26 Å². The highest BCUT2D eigenvalue weighted by Crippen LogP contribution is 2.37. The predicted molar refractivity (Wildman–Crippen MR) is 123 cm³/mol. The van der Waals surface area contributed by atoms with E-state index in [1.165, 1.54) is 6.07 Å². The van der Waals surface area contributed by atoms with E-state index in [0.29, 0.717) is 26.8 Å². The van der Waals surface area contributed by atoms with E-state index in [-0.39, 0.29) is 10.6 Å². The Bertz CT molecular complexity index is 1430. The van der Waals surface area contributed by atoms with Gasteiger partial charge < -0.3 is 14.7 Å². The van der Waals surface area contributed by atoms with Gasteiger partial charge in [-0.1, -0.05) is 29.8 Å². The van der Waals surface area contributed by atoms with E-state index in [2.05, 4.69) is 4.98 Å². The zero-order valence-electron chi connectivity index (χ0n) is 17.0. The molecule has 2 aromatic heterocycles. The molecule has 0 aliphatic carbocycles. The molecule has 0 saturated heterocycles. The second kappa shape index (κ2) is 8.45. The largest absolute Gasteiger partial charge is 0.484 e. The average molecular weight is 492 g/mol. The number of carbonyl (C=O) groups is 1. The van der Waals surface area contributed by atoms with Crippen molar-refractivity contribution in [2.45, 2.75) is 13.0 Å². The van der Waals surface area contributed by atoms with Gasteiger partial charge >= 0.3 is 10.1 Å². The average Bonchev–Trinajstić information content (AvgIpc) is 3.30. The number of fused-ring (bicyclic) bond motifs is 1. The molecule has 0 spiro atoms. The van der Waals surface area contributed by atoms with Gasteiger partial charge in [0.15, 0.2) is 0 Å². The second-order valence-electron chi connectivity index (χ2n) is 6.98. The lowest BCUT2D eigenvalue weighted by Crippen LogP contribution is -2.12. The Morgan fingerprint density at radius 3 is 2.66 bits per heavy atom. The van der Waals surface area contributed by atoms with E-state index in [1.807, 2.05) is 25.1 Å². The summed E-state index contributed by atoms with van der Waals surface area (Å²) in [6.07, 6.45) is 2.10. The molecular weight excluding hydrogens is 474 g/mol. The van der Waals surface area contributed by atoms with Gasteiger partial charge in [-0.3, -0.25) is 9.36 Å². The first-order chi connectivity index (χ1) is 15.1. The van der Waals surface area contributed by atoms with Crippen molar-refractivity contribution >= 4 is 50.0 Å². The normalized spacial score (nSPS) is 12.6. The van der Waals surface area contributed by atoms with Crippen molar-refractivity contribution in [2.24, 2.45) is 5.73 Å². The molecule has 1 atom stereocenters.